The molecule has 0 saturated carbocycles. The zero-order valence-electron chi connectivity index (χ0n) is 11.8. The lowest BCUT2D eigenvalue weighted by Crippen LogP contribution is -2.01. The molecule has 3 nitrogen and oxygen atoms in total. The number of aryl methyl sites for hydroxylation is 1. The van der Waals surface area contributed by atoms with Crippen LogP contribution >= 0.6 is 0 Å². The molecule has 0 atom stereocenters. The van der Waals surface area contributed by atoms with Gasteiger partial charge in [0.25, 0.3) is 10.1 Å². The first kappa shape index (κ1) is 15.9. The molecule has 0 aliphatic rings. The predicted octanol–water partition coefficient (Wildman–Crippen LogP) is 3.28. The van der Waals surface area contributed by atoms with E-state index in [1.807, 2.05) is 6.08 Å². The monoisotopic (exact) mass is 282 g/mol. The second-order valence-electron chi connectivity index (χ2n) is 4.90. The van der Waals surface area contributed by atoms with Gasteiger partial charge in [0.2, 0.25) is 0 Å². The Morgan fingerprint density at radius 3 is 2.32 bits per heavy atom. The van der Waals surface area contributed by atoms with Crippen LogP contribution in [0.5, 0.6) is 0 Å². The quantitative estimate of drug-likeness (QED) is 0.569. The van der Waals surface area contributed by atoms with Crippen molar-refractivity contribution < 1.29 is 12.6 Å². The van der Waals surface area contributed by atoms with Crippen LogP contribution in [0.1, 0.15) is 37.3 Å². The van der Waals surface area contributed by atoms with Gasteiger partial charge < -0.3 is 0 Å². The van der Waals surface area contributed by atoms with Crippen LogP contribution in [0.25, 0.3) is 0 Å². The van der Waals surface area contributed by atoms with Crippen molar-refractivity contribution >= 4 is 10.1 Å². The molecule has 0 N–H and O–H groups in total. The summed E-state index contributed by atoms with van der Waals surface area (Å²) in [7, 11) is -3.33. The molecule has 0 radical (unpaired) electrons. The summed E-state index contributed by atoms with van der Waals surface area (Å²) >= 11 is 0. The molecule has 0 heterocycles. The molecule has 0 amide bonds. The molecule has 0 aliphatic carbocycles. The van der Waals surface area contributed by atoms with Crippen molar-refractivity contribution in [2.24, 2.45) is 0 Å². The van der Waals surface area contributed by atoms with Gasteiger partial charge in [0.15, 0.2) is 0 Å². The Kier molecular flexibility index (Phi) is 6.25. The summed E-state index contributed by atoms with van der Waals surface area (Å²) in [5.41, 5.74) is 2.64. The van der Waals surface area contributed by atoms with Gasteiger partial charge in [-0.25, -0.2) is 0 Å². The molecule has 0 aromatic heterocycles. The van der Waals surface area contributed by atoms with Gasteiger partial charge in [-0.2, -0.15) is 8.42 Å². The zero-order chi connectivity index (χ0) is 14.3. The minimum Gasteiger partial charge on any atom is -0.266 e. The van der Waals surface area contributed by atoms with E-state index in [9.17, 15) is 8.42 Å². The summed E-state index contributed by atoms with van der Waals surface area (Å²) in [6.45, 7) is 4.48. The van der Waals surface area contributed by atoms with Crippen LogP contribution in [0.3, 0.4) is 0 Å². The lowest BCUT2D eigenvalue weighted by atomic mass is 10.0. The van der Waals surface area contributed by atoms with Crippen LogP contribution in [0.2, 0.25) is 0 Å². The summed E-state index contributed by atoms with van der Waals surface area (Å²) in [6, 6.07) is 8.62. The second-order valence-corrected chi connectivity index (χ2v) is 6.54. The molecular formula is C15H22O3S. The molecular weight excluding hydrogens is 260 g/mol. The van der Waals surface area contributed by atoms with Crippen molar-refractivity contribution in [3.8, 4) is 0 Å². The van der Waals surface area contributed by atoms with E-state index in [-0.39, 0.29) is 6.61 Å². The normalized spacial score (nSPS) is 12.4. The Morgan fingerprint density at radius 2 is 1.79 bits per heavy atom. The molecule has 0 saturated heterocycles. The molecule has 0 spiro atoms. The molecule has 1 aromatic carbocycles. The molecule has 1 rings (SSSR count). The minimum absolute atomic E-state index is 0.116. The lowest BCUT2D eigenvalue weighted by molar-refractivity contribution is 0.361. The maximum absolute atomic E-state index is 10.7. The van der Waals surface area contributed by atoms with Crippen LogP contribution in [0, 0.1) is 0 Å². The van der Waals surface area contributed by atoms with Gasteiger partial charge in [-0.3, -0.25) is 4.18 Å². The fourth-order valence-electron chi connectivity index (χ4n) is 1.67. The number of allylic oxidation sites excluding steroid dienone is 1. The van der Waals surface area contributed by atoms with Crippen molar-refractivity contribution in [3.05, 3.63) is 47.5 Å². The van der Waals surface area contributed by atoms with E-state index < -0.39 is 10.1 Å². The van der Waals surface area contributed by atoms with Gasteiger partial charge in [-0.15, -0.1) is 0 Å². The highest BCUT2D eigenvalue weighted by molar-refractivity contribution is 7.85. The van der Waals surface area contributed by atoms with Gasteiger partial charge in [0, 0.05) is 0 Å². The smallest absolute Gasteiger partial charge is 0.264 e. The molecule has 0 unspecified atom stereocenters. The van der Waals surface area contributed by atoms with Crippen LogP contribution in [0.4, 0.5) is 0 Å². The number of hydrogen-bond donors (Lipinski definition) is 0. The summed E-state index contributed by atoms with van der Waals surface area (Å²) in [5, 5.41) is 0. The third-order valence-electron chi connectivity index (χ3n) is 2.79. The number of benzene rings is 1. The van der Waals surface area contributed by atoms with Crippen molar-refractivity contribution in [3.63, 3.8) is 0 Å². The summed E-state index contributed by atoms with van der Waals surface area (Å²) in [6.07, 6.45) is 6.57. The number of rotatable bonds is 7. The van der Waals surface area contributed by atoms with E-state index >= 15 is 0 Å². The van der Waals surface area contributed by atoms with Gasteiger partial charge in [0.05, 0.1) is 12.9 Å². The van der Waals surface area contributed by atoms with Crippen molar-refractivity contribution in [2.75, 3.05) is 12.9 Å². The maximum Gasteiger partial charge on any atom is 0.264 e. The van der Waals surface area contributed by atoms with Crippen molar-refractivity contribution in [1.29, 1.82) is 0 Å². The van der Waals surface area contributed by atoms with E-state index in [0.29, 0.717) is 5.92 Å². The van der Waals surface area contributed by atoms with Gasteiger partial charge in [-0.1, -0.05) is 50.3 Å². The molecule has 0 aliphatic heterocycles. The van der Waals surface area contributed by atoms with Crippen LogP contribution in [-0.4, -0.2) is 21.3 Å². The van der Waals surface area contributed by atoms with E-state index in [0.717, 1.165) is 19.1 Å². The maximum atomic E-state index is 10.7. The highest BCUT2D eigenvalue weighted by Crippen LogP contribution is 2.15. The second kappa shape index (κ2) is 7.46. The van der Waals surface area contributed by atoms with Gasteiger partial charge in [-0.05, 0) is 29.9 Å². The summed E-state index contributed by atoms with van der Waals surface area (Å²) in [5.74, 6) is 0.557. The fraction of sp³-hybridized carbons (Fsp3) is 0.467. The first-order valence-corrected chi connectivity index (χ1v) is 8.28. The lowest BCUT2D eigenvalue weighted by Gasteiger charge is -2.06. The van der Waals surface area contributed by atoms with Gasteiger partial charge in [0.1, 0.15) is 0 Å². The molecule has 1 aromatic rings. The Balaban J connectivity index is 2.31. The largest absolute Gasteiger partial charge is 0.266 e. The number of hydrogen-bond acceptors (Lipinski definition) is 3. The first-order chi connectivity index (χ1) is 8.88. The van der Waals surface area contributed by atoms with Crippen molar-refractivity contribution in [1.82, 2.24) is 0 Å². The molecule has 106 valence electrons. The van der Waals surface area contributed by atoms with E-state index in [1.165, 1.54) is 11.1 Å². The Labute approximate surface area is 116 Å². The Hall–Kier alpha value is -1.13. The Bertz CT molecular complexity index is 499. The molecule has 0 bridgehead atoms. The van der Waals surface area contributed by atoms with E-state index in [1.54, 1.807) is 6.08 Å². The summed E-state index contributed by atoms with van der Waals surface area (Å²) in [4.78, 5) is 0. The minimum atomic E-state index is -3.33. The zero-order valence-corrected chi connectivity index (χ0v) is 12.6. The van der Waals surface area contributed by atoms with E-state index in [4.69, 9.17) is 0 Å². The highest BCUT2D eigenvalue weighted by atomic mass is 32.2. The first-order valence-electron chi connectivity index (χ1n) is 6.47. The average Bonchev–Trinajstić information content (AvgIpc) is 2.33. The SMILES string of the molecule is CC(C)c1ccc(CC/C=C/COS(C)(=O)=O)cc1. The topological polar surface area (TPSA) is 43.4 Å². The molecule has 4 heteroatoms. The van der Waals surface area contributed by atoms with Crippen LogP contribution < -0.4 is 0 Å². The fourth-order valence-corrected chi connectivity index (χ4v) is 1.99. The predicted molar refractivity (Wildman–Crippen MR) is 78.8 cm³/mol. The highest BCUT2D eigenvalue weighted by Gasteiger charge is 1.99. The van der Waals surface area contributed by atoms with Gasteiger partial charge >= 0.3 is 0 Å². The van der Waals surface area contributed by atoms with Crippen LogP contribution in [0.15, 0.2) is 36.4 Å². The molecule has 0 fully saturated rings. The third-order valence-corrected chi connectivity index (χ3v) is 3.36. The Morgan fingerprint density at radius 1 is 1.16 bits per heavy atom. The van der Waals surface area contributed by atoms with Crippen LogP contribution in [-0.2, 0) is 20.7 Å². The molecule has 19 heavy (non-hydrogen) atoms. The standard InChI is InChI=1S/C15H22O3S/c1-13(2)15-10-8-14(9-11-15)7-5-4-6-12-18-19(3,16)17/h4,6,8-11,13H,5,7,12H2,1-3H3/b6-4+. The van der Waals surface area contributed by atoms with E-state index in [2.05, 4.69) is 42.3 Å². The third kappa shape index (κ3) is 7.13. The summed E-state index contributed by atoms with van der Waals surface area (Å²) < 4.78 is 26.0. The van der Waals surface area contributed by atoms with Crippen molar-refractivity contribution in [2.45, 2.75) is 32.6 Å². The average molecular weight is 282 g/mol.